The standard InChI is InChI=1S/C12H16FN3O3/c1-7-9(8(2)15(3)14-7)10(17)16-5-4-12(13,6-16)11(18)19/h4-6H2,1-3H3,(H,18,19). The van der Waals surface area contributed by atoms with Crippen molar-refractivity contribution in [3.05, 3.63) is 17.0 Å². The molecule has 1 amide bonds. The van der Waals surface area contributed by atoms with Gasteiger partial charge in [-0.05, 0) is 13.8 Å². The zero-order chi connectivity index (χ0) is 14.4. The van der Waals surface area contributed by atoms with Crippen molar-refractivity contribution >= 4 is 11.9 Å². The number of carboxylic acid groups (broad SMARTS) is 1. The zero-order valence-corrected chi connectivity index (χ0v) is 11.1. The van der Waals surface area contributed by atoms with E-state index in [-0.39, 0.29) is 18.9 Å². The first-order chi connectivity index (χ1) is 8.76. The molecule has 1 aliphatic heterocycles. The fourth-order valence-electron chi connectivity index (χ4n) is 2.36. The number of carboxylic acids is 1. The smallest absolute Gasteiger partial charge is 0.343 e. The van der Waals surface area contributed by atoms with Crippen LogP contribution in [-0.2, 0) is 11.8 Å². The minimum atomic E-state index is -2.33. The van der Waals surface area contributed by atoms with Crippen LogP contribution < -0.4 is 0 Å². The molecule has 0 aromatic carbocycles. The second-order valence-corrected chi connectivity index (χ2v) is 4.92. The van der Waals surface area contributed by atoms with Crippen molar-refractivity contribution < 1.29 is 19.1 Å². The Morgan fingerprint density at radius 3 is 2.47 bits per heavy atom. The summed E-state index contributed by atoms with van der Waals surface area (Å²) in [6.07, 6.45) is -0.174. The van der Waals surface area contributed by atoms with Crippen LogP contribution in [0.25, 0.3) is 0 Å². The zero-order valence-electron chi connectivity index (χ0n) is 11.1. The van der Waals surface area contributed by atoms with E-state index in [2.05, 4.69) is 5.10 Å². The number of amides is 1. The Morgan fingerprint density at radius 2 is 2.05 bits per heavy atom. The number of carbonyl (C=O) groups excluding carboxylic acids is 1. The van der Waals surface area contributed by atoms with E-state index < -0.39 is 18.2 Å². The topological polar surface area (TPSA) is 75.4 Å². The van der Waals surface area contributed by atoms with Gasteiger partial charge in [0.15, 0.2) is 0 Å². The lowest BCUT2D eigenvalue weighted by Gasteiger charge is -2.17. The van der Waals surface area contributed by atoms with Crippen LogP contribution in [0.4, 0.5) is 4.39 Å². The lowest BCUT2D eigenvalue weighted by atomic mass is 10.1. The lowest BCUT2D eigenvalue weighted by molar-refractivity contribution is -0.149. The predicted molar refractivity (Wildman–Crippen MR) is 64.7 cm³/mol. The third-order valence-corrected chi connectivity index (χ3v) is 3.61. The van der Waals surface area contributed by atoms with Gasteiger partial charge >= 0.3 is 5.97 Å². The SMILES string of the molecule is Cc1nn(C)c(C)c1C(=O)N1CCC(F)(C(=O)O)C1. The summed E-state index contributed by atoms with van der Waals surface area (Å²) in [4.78, 5) is 24.4. The minimum absolute atomic E-state index is 0.107. The molecular weight excluding hydrogens is 253 g/mol. The molecule has 2 heterocycles. The second-order valence-electron chi connectivity index (χ2n) is 4.92. The summed E-state index contributed by atoms with van der Waals surface area (Å²) >= 11 is 0. The number of rotatable bonds is 2. The number of halogens is 1. The van der Waals surface area contributed by atoms with E-state index in [4.69, 9.17) is 5.11 Å². The highest BCUT2D eigenvalue weighted by molar-refractivity contribution is 5.97. The number of aromatic nitrogens is 2. The predicted octanol–water partition coefficient (Wildman–Crippen LogP) is 0.676. The van der Waals surface area contributed by atoms with Crippen LogP contribution in [0.2, 0.25) is 0 Å². The second kappa shape index (κ2) is 4.32. The Kier molecular flexibility index (Phi) is 3.07. The monoisotopic (exact) mass is 269 g/mol. The van der Waals surface area contributed by atoms with Crippen LogP contribution in [0, 0.1) is 13.8 Å². The summed E-state index contributed by atoms with van der Waals surface area (Å²) in [5.41, 5.74) is -0.650. The van der Waals surface area contributed by atoms with Gasteiger partial charge in [-0.2, -0.15) is 5.10 Å². The van der Waals surface area contributed by atoms with E-state index in [0.29, 0.717) is 17.0 Å². The molecule has 1 saturated heterocycles. The Hall–Kier alpha value is -1.92. The molecule has 1 N–H and O–H groups in total. The molecule has 1 atom stereocenters. The van der Waals surface area contributed by atoms with Crippen molar-refractivity contribution in [2.24, 2.45) is 7.05 Å². The summed E-state index contributed by atoms with van der Waals surface area (Å²) in [6.45, 7) is 3.16. The van der Waals surface area contributed by atoms with Gasteiger partial charge in [-0.25, -0.2) is 9.18 Å². The molecule has 104 valence electrons. The van der Waals surface area contributed by atoms with Crippen LogP contribution >= 0.6 is 0 Å². The van der Waals surface area contributed by atoms with Crippen LogP contribution in [0.5, 0.6) is 0 Å². The molecule has 0 spiro atoms. The average molecular weight is 269 g/mol. The quantitative estimate of drug-likeness (QED) is 0.856. The Labute approximate surface area is 109 Å². The van der Waals surface area contributed by atoms with Gasteiger partial charge in [-0.15, -0.1) is 0 Å². The molecule has 0 saturated carbocycles. The first-order valence-electron chi connectivity index (χ1n) is 5.98. The maximum absolute atomic E-state index is 14.0. The first kappa shape index (κ1) is 13.5. The molecule has 7 heteroatoms. The highest BCUT2D eigenvalue weighted by Crippen LogP contribution is 2.28. The van der Waals surface area contributed by atoms with E-state index in [1.807, 2.05) is 0 Å². The van der Waals surface area contributed by atoms with Crippen molar-refractivity contribution in [3.63, 3.8) is 0 Å². The van der Waals surface area contributed by atoms with Crippen molar-refractivity contribution in [1.29, 1.82) is 0 Å². The van der Waals surface area contributed by atoms with E-state index in [1.54, 1.807) is 25.6 Å². The summed E-state index contributed by atoms with van der Waals surface area (Å²) < 4.78 is 15.5. The first-order valence-corrected chi connectivity index (χ1v) is 5.98. The molecule has 1 unspecified atom stereocenters. The van der Waals surface area contributed by atoms with Gasteiger partial charge in [0, 0.05) is 25.7 Å². The van der Waals surface area contributed by atoms with Crippen LogP contribution in [0.15, 0.2) is 0 Å². The number of nitrogens with zero attached hydrogens (tertiary/aromatic N) is 3. The van der Waals surface area contributed by atoms with Gasteiger partial charge < -0.3 is 10.0 Å². The largest absolute Gasteiger partial charge is 0.479 e. The average Bonchev–Trinajstić information content (AvgIpc) is 2.83. The molecule has 0 bridgehead atoms. The number of alkyl halides is 1. The van der Waals surface area contributed by atoms with E-state index in [1.165, 1.54) is 4.90 Å². The molecule has 1 aliphatic rings. The van der Waals surface area contributed by atoms with Crippen LogP contribution in [-0.4, -0.2) is 50.4 Å². The van der Waals surface area contributed by atoms with Gasteiger partial charge in [-0.1, -0.05) is 0 Å². The highest BCUT2D eigenvalue weighted by Gasteiger charge is 2.47. The molecule has 1 fully saturated rings. The Morgan fingerprint density at radius 1 is 1.42 bits per heavy atom. The number of aliphatic carboxylic acids is 1. The fraction of sp³-hybridized carbons (Fsp3) is 0.583. The summed E-state index contributed by atoms with van der Waals surface area (Å²) in [6, 6.07) is 0. The molecular formula is C12H16FN3O3. The van der Waals surface area contributed by atoms with Crippen molar-refractivity contribution in [3.8, 4) is 0 Å². The van der Waals surface area contributed by atoms with Crippen molar-refractivity contribution in [2.75, 3.05) is 13.1 Å². The maximum atomic E-state index is 14.0. The Balaban J connectivity index is 2.25. The molecule has 1 aromatic rings. The summed E-state index contributed by atoms with van der Waals surface area (Å²) in [5.74, 6) is -1.87. The highest BCUT2D eigenvalue weighted by atomic mass is 19.1. The fourth-order valence-corrected chi connectivity index (χ4v) is 2.36. The van der Waals surface area contributed by atoms with E-state index >= 15 is 0 Å². The molecule has 0 aliphatic carbocycles. The molecule has 6 nitrogen and oxygen atoms in total. The Bertz CT molecular complexity index is 555. The van der Waals surface area contributed by atoms with Gasteiger partial charge in [0.05, 0.1) is 17.8 Å². The molecule has 1 aromatic heterocycles. The maximum Gasteiger partial charge on any atom is 0.343 e. The normalized spacial score (nSPS) is 22.8. The number of hydrogen-bond donors (Lipinski definition) is 1. The third kappa shape index (κ3) is 2.09. The van der Waals surface area contributed by atoms with Crippen molar-refractivity contribution in [1.82, 2.24) is 14.7 Å². The van der Waals surface area contributed by atoms with Crippen LogP contribution in [0.1, 0.15) is 28.2 Å². The molecule has 2 rings (SSSR count). The minimum Gasteiger partial charge on any atom is -0.479 e. The van der Waals surface area contributed by atoms with Crippen molar-refractivity contribution in [2.45, 2.75) is 25.9 Å². The van der Waals surface area contributed by atoms with E-state index in [0.717, 1.165) is 0 Å². The van der Waals surface area contributed by atoms with Gasteiger partial charge in [-0.3, -0.25) is 9.48 Å². The number of hydrogen-bond acceptors (Lipinski definition) is 3. The molecule has 0 radical (unpaired) electrons. The number of carbonyl (C=O) groups is 2. The van der Waals surface area contributed by atoms with Crippen LogP contribution in [0.3, 0.4) is 0 Å². The molecule has 19 heavy (non-hydrogen) atoms. The summed E-state index contributed by atoms with van der Waals surface area (Å²) in [7, 11) is 1.72. The van der Waals surface area contributed by atoms with Gasteiger partial charge in [0.25, 0.3) is 5.91 Å². The third-order valence-electron chi connectivity index (χ3n) is 3.61. The lowest BCUT2D eigenvalue weighted by Crippen LogP contribution is -2.39. The van der Waals surface area contributed by atoms with Gasteiger partial charge in [0.2, 0.25) is 5.67 Å². The van der Waals surface area contributed by atoms with Gasteiger partial charge in [0.1, 0.15) is 0 Å². The summed E-state index contributed by atoms with van der Waals surface area (Å²) in [5, 5.41) is 13.0. The van der Waals surface area contributed by atoms with E-state index in [9.17, 15) is 14.0 Å². The number of likely N-dealkylation sites (tertiary alicyclic amines) is 1. The number of aryl methyl sites for hydroxylation is 2.